The molecule has 1 atom stereocenters. The minimum Gasteiger partial charge on any atom is -0.493 e. The number of hydrogen-bond acceptors (Lipinski definition) is 6. The van der Waals surface area contributed by atoms with Crippen molar-refractivity contribution >= 4 is 41.0 Å². The van der Waals surface area contributed by atoms with Gasteiger partial charge in [0, 0.05) is 29.2 Å². The van der Waals surface area contributed by atoms with Crippen molar-refractivity contribution in [1.82, 2.24) is 9.80 Å². The molecule has 1 unspecified atom stereocenters. The minimum atomic E-state index is -5.35. The highest BCUT2D eigenvalue weighted by Crippen LogP contribution is 2.45. The third-order valence-corrected chi connectivity index (χ3v) is 8.81. The van der Waals surface area contributed by atoms with Crippen LogP contribution in [-0.4, -0.2) is 72.6 Å². The number of likely N-dealkylation sites (tertiary alicyclic amines) is 2. The quantitative estimate of drug-likeness (QED) is 0.172. The summed E-state index contributed by atoms with van der Waals surface area (Å²) in [5.74, 6) is -5.09. The van der Waals surface area contributed by atoms with Gasteiger partial charge >= 0.3 is 18.1 Å². The van der Waals surface area contributed by atoms with Gasteiger partial charge in [-0.25, -0.2) is 14.0 Å². The maximum atomic E-state index is 15.3. The zero-order valence-corrected chi connectivity index (χ0v) is 25.3. The third-order valence-electron chi connectivity index (χ3n) is 8.38. The van der Waals surface area contributed by atoms with E-state index in [9.17, 15) is 27.6 Å². The number of hydrogen-bond donors (Lipinski definition) is 0. The fourth-order valence-corrected chi connectivity index (χ4v) is 6.40. The summed E-state index contributed by atoms with van der Waals surface area (Å²) < 4.78 is 63.1. The van der Waals surface area contributed by atoms with Crippen LogP contribution in [0.4, 0.5) is 17.6 Å². The van der Waals surface area contributed by atoms with E-state index >= 15 is 4.39 Å². The smallest absolute Gasteiger partial charge is 0.491 e. The van der Waals surface area contributed by atoms with Gasteiger partial charge in [-0.15, -0.1) is 0 Å². The van der Waals surface area contributed by atoms with Crippen molar-refractivity contribution in [2.45, 2.75) is 63.1 Å². The van der Waals surface area contributed by atoms with Crippen molar-refractivity contribution in [2.75, 3.05) is 32.8 Å². The Balaban J connectivity index is 1.18. The van der Waals surface area contributed by atoms with Crippen LogP contribution < -0.4 is 4.74 Å². The molecule has 3 aliphatic rings. The van der Waals surface area contributed by atoms with E-state index in [1.54, 1.807) is 6.07 Å². The fourth-order valence-electron chi connectivity index (χ4n) is 5.83. The van der Waals surface area contributed by atoms with E-state index in [-0.39, 0.29) is 36.8 Å². The van der Waals surface area contributed by atoms with Gasteiger partial charge in [0.15, 0.2) is 0 Å². The Kier molecular flexibility index (Phi) is 10.1. The highest BCUT2D eigenvalue weighted by molar-refractivity contribution is 6.34. The summed E-state index contributed by atoms with van der Waals surface area (Å²) in [6.45, 7) is 3.09. The number of alkyl halides is 3. The van der Waals surface area contributed by atoms with Crippen LogP contribution in [0.5, 0.6) is 5.75 Å². The molecule has 0 bridgehead atoms. The Hall–Kier alpha value is -2.89. The lowest BCUT2D eigenvalue weighted by molar-refractivity contribution is -0.203. The summed E-state index contributed by atoms with van der Waals surface area (Å²) in [5.41, 5.74) is 1.48. The van der Waals surface area contributed by atoms with Crippen LogP contribution in [0, 0.1) is 11.7 Å². The molecule has 1 saturated carbocycles. The average molecular weight is 660 g/mol. The Labute approximate surface area is 262 Å². The van der Waals surface area contributed by atoms with Crippen LogP contribution in [-0.2, 0) is 20.7 Å². The fraction of sp³-hybridized carbons (Fsp3) is 0.516. The number of amides is 1. The lowest BCUT2D eigenvalue weighted by Gasteiger charge is -2.32. The number of benzene rings is 2. The molecule has 5 rings (SSSR count). The molecule has 0 aromatic heterocycles. The van der Waals surface area contributed by atoms with Crippen molar-refractivity contribution in [1.29, 1.82) is 0 Å². The van der Waals surface area contributed by atoms with Crippen LogP contribution in [0.1, 0.15) is 65.9 Å². The Morgan fingerprint density at radius 3 is 2.23 bits per heavy atom. The first-order chi connectivity index (χ1) is 20.9. The van der Waals surface area contributed by atoms with E-state index in [2.05, 4.69) is 9.64 Å². The van der Waals surface area contributed by atoms with Crippen molar-refractivity contribution in [2.24, 2.45) is 5.92 Å². The first-order valence-corrected chi connectivity index (χ1v) is 15.4. The normalized spacial score (nSPS) is 19.7. The zero-order chi connectivity index (χ0) is 31.6. The molecule has 0 radical (unpaired) electrons. The van der Waals surface area contributed by atoms with Crippen LogP contribution >= 0.6 is 23.2 Å². The van der Waals surface area contributed by atoms with Gasteiger partial charge in [-0.2, -0.15) is 13.2 Å². The molecule has 13 heteroatoms. The molecule has 0 spiro atoms. The summed E-state index contributed by atoms with van der Waals surface area (Å²) in [4.78, 5) is 40.1. The van der Waals surface area contributed by atoms with Crippen molar-refractivity contribution in [3.63, 3.8) is 0 Å². The highest BCUT2D eigenvalue weighted by atomic mass is 35.5. The molecule has 0 N–H and O–H groups in total. The van der Waals surface area contributed by atoms with E-state index < -0.39 is 35.9 Å². The van der Waals surface area contributed by atoms with Gasteiger partial charge in [-0.1, -0.05) is 23.2 Å². The van der Waals surface area contributed by atoms with E-state index in [1.807, 2.05) is 12.1 Å². The van der Waals surface area contributed by atoms with Crippen molar-refractivity contribution < 1.29 is 41.4 Å². The number of ether oxygens (including phenoxy) is 2. The van der Waals surface area contributed by atoms with Gasteiger partial charge in [0.1, 0.15) is 17.6 Å². The molecule has 238 valence electrons. The molecule has 7 nitrogen and oxygen atoms in total. The molecule has 1 aliphatic carbocycles. The SMILES string of the molecule is O=C(OC(=O)C(F)(F)F)C1CCCN1C(=O)c1cc(C2CC2)c(OCC2CCN(CCc3cc(Cl)cc(Cl)c3)CC2)cc1F. The maximum Gasteiger partial charge on any atom is 0.491 e. The van der Waals surface area contributed by atoms with Crippen LogP contribution in [0.3, 0.4) is 0 Å². The molecule has 2 saturated heterocycles. The summed E-state index contributed by atoms with van der Waals surface area (Å²) in [7, 11) is 0. The average Bonchev–Trinajstić information content (AvgIpc) is 3.69. The summed E-state index contributed by atoms with van der Waals surface area (Å²) in [6, 6.07) is 6.74. The lowest BCUT2D eigenvalue weighted by atomic mass is 9.97. The van der Waals surface area contributed by atoms with Crippen LogP contribution in [0.2, 0.25) is 10.0 Å². The van der Waals surface area contributed by atoms with Gasteiger partial charge in [0.05, 0.1) is 12.2 Å². The summed E-state index contributed by atoms with van der Waals surface area (Å²) in [5, 5.41) is 1.23. The molecule has 2 aromatic carbocycles. The number of esters is 2. The number of carbonyl (C=O) groups is 3. The molecular formula is C31H32Cl2F4N2O5. The standard InChI is InChI=1S/C31H32Cl2F4N2O5/c32-21-12-19(13-22(33)14-21)7-11-38-9-5-18(6-10-38)17-43-27-16-25(34)24(15-23(27)20-3-4-20)28(40)39-8-1-2-26(39)29(41)44-30(42)31(35,36)37/h12-16,18,20,26H,1-11,17H2. The maximum absolute atomic E-state index is 15.3. The number of halogens is 6. The Morgan fingerprint density at radius 1 is 0.909 bits per heavy atom. The number of carbonyl (C=O) groups excluding carboxylic acids is 3. The van der Waals surface area contributed by atoms with Gasteiger partial charge in [-0.05, 0) is 105 Å². The monoisotopic (exact) mass is 658 g/mol. The molecule has 3 fully saturated rings. The number of piperidine rings is 1. The van der Waals surface area contributed by atoms with Crippen molar-refractivity contribution in [3.05, 3.63) is 62.9 Å². The first kappa shape index (κ1) is 32.5. The second kappa shape index (κ2) is 13.6. The second-order valence-electron chi connectivity index (χ2n) is 11.6. The topological polar surface area (TPSA) is 76.2 Å². The van der Waals surface area contributed by atoms with E-state index in [1.165, 1.54) is 12.1 Å². The highest BCUT2D eigenvalue weighted by Gasteiger charge is 2.45. The van der Waals surface area contributed by atoms with E-state index in [4.69, 9.17) is 27.9 Å². The van der Waals surface area contributed by atoms with Gasteiger partial charge in [-0.3, -0.25) is 4.79 Å². The first-order valence-electron chi connectivity index (χ1n) is 14.7. The molecular weight excluding hydrogens is 627 g/mol. The van der Waals surface area contributed by atoms with Crippen molar-refractivity contribution in [3.8, 4) is 5.75 Å². The van der Waals surface area contributed by atoms with E-state index in [0.29, 0.717) is 28.0 Å². The minimum absolute atomic E-state index is 0.00177. The van der Waals surface area contributed by atoms with Gasteiger partial charge < -0.3 is 19.3 Å². The molecule has 2 heterocycles. The molecule has 44 heavy (non-hydrogen) atoms. The summed E-state index contributed by atoms with van der Waals surface area (Å²) in [6.07, 6.45) is -0.696. The molecule has 2 aromatic rings. The molecule has 2 aliphatic heterocycles. The second-order valence-corrected chi connectivity index (χ2v) is 12.5. The predicted molar refractivity (Wildman–Crippen MR) is 154 cm³/mol. The zero-order valence-electron chi connectivity index (χ0n) is 23.8. The van der Waals surface area contributed by atoms with Gasteiger partial charge in [0.2, 0.25) is 0 Å². The number of rotatable bonds is 9. The largest absolute Gasteiger partial charge is 0.493 e. The Bertz CT molecular complexity index is 1390. The van der Waals surface area contributed by atoms with E-state index in [0.717, 1.165) is 62.2 Å². The molecule has 1 amide bonds. The van der Waals surface area contributed by atoms with Crippen LogP contribution in [0.15, 0.2) is 30.3 Å². The Morgan fingerprint density at radius 2 is 1.59 bits per heavy atom. The number of nitrogens with zero attached hydrogens (tertiary/aromatic N) is 2. The lowest BCUT2D eigenvalue weighted by Crippen LogP contribution is -2.43. The predicted octanol–water partition coefficient (Wildman–Crippen LogP) is 6.58. The summed E-state index contributed by atoms with van der Waals surface area (Å²) >= 11 is 12.2. The van der Waals surface area contributed by atoms with Crippen LogP contribution in [0.25, 0.3) is 0 Å². The third kappa shape index (κ3) is 8.03. The van der Waals surface area contributed by atoms with Gasteiger partial charge in [0.25, 0.3) is 5.91 Å².